The molecule has 3 aromatic rings. The van der Waals surface area contributed by atoms with Crippen molar-refractivity contribution < 1.29 is 17.6 Å². The second kappa shape index (κ2) is 10.4. The monoisotopic (exact) mass is 577 g/mol. The maximum absolute atomic E-state index is 15.8. The van der Waals surface area contributed by atoms with Crippen molar-refractivity contribution in [3.05, 3.63) is 62.7 Å². The molecule has 0 radical (unpaired) electrons. The number of hydrogen-bond donors (Lipinski definition) is 3. The number of pyridine rings is 1. The third kappa shape index (κ3) is 4.48. The predicted molar refractivity (Wildman–Crippen MR) is 148 cm³/mol. The number of fused-ring (bicyclic) bond motifs is 1. The third-order valence-corrected chi connectivity index (χ3v) is 7.57. The molecule has 13 heteroatoms. The number of nitrogen functional groups attached to an aromatic ring is 1. The molecule has 1 aromatic carbocycles. The van der Waals surface area contributed by atoms with Gasteiger partial charge in [0.25, 0.3) is 0 Å². The van der Waals surface area contributed by atoms with E-state index in [1.807, 2.05) is 32.6 Å². The Kier molecular flexibility index (Phi) is 7.26. The number of aromatic nitrogens is 3. The van der Waals surface area contributed by atoms with Crippen LogP contribution >= 0.6 is 11.6 Å². The van der Waals surface area contributed by atoms with Gasteiger partial charge in [-0.05, 0) is 43.7 Å². The molecule has 40 heavy (non-hydrogen) atoms. The van der Waals surface area contributed by atoms with Gasteiger partial charge in [0.15, 0.2) is 28.9 Å². The Morgan fingerprint density at radius 1 is 1.15 bits per heavy atom. The first kappa shape index (κ1) is 27.9. The van der Waals surface area contributed by atoms with E-state index >= 15 is 8.78 Å². The van der Waals surface area contributed by atoms with E-state index in [9.17, 15) is 13.6 Å². The van der Waals surface area contributed by atoms with Crippen molar-refractivity contribution in [1.29, 1.82) is 0 Å². The molecule has 0 aliphatic carbocycles. The zero-order valence-electron chi connectivity index (χ0n) is 22.2. The van der Waals surface area contributed by atoms with Crippen LogP contribution in [0.2, 0.25) is 5.02 Å². The molecule has 2 aromatic heterocycles. The van der Waals surface area contributed by atoms with Crippen molar-refractivity contribution in [2.75, 3.05) is 30.3 Å². The minimum atomic E-state index is -1.69. The Balaban J connectivity index is 1.90. The van der Waals surface area contributed by atoms with E-state index < -0.39 is 50.9 Å². The standard InChI is InChI=1S/C27H28ClF4N7O/c1-11(2)22-24(12(3)5-6-35-22)39-26-14(25(37-27(39)40)38-8-7-34-13(4)10-38)9-15(29)23(36-26)16-17(28)19(31)20(32)21(33)18(16)30/h5-6,9,11,13,22,34-35H,7-8,10,33H2,1-4H3/t13-,22?/m1/s1. The number of nitrogens with zero attached hydrogens (tertiary/aromatic N) is 4. The molecule has 8 nitrogen and oxygen atoms in total. The summed E-state index contributed by atoms with van der Waals surface area (Å²) in [6.07, 6.45) is 3.54. The normalized spacial score (nSPS) is 19.6. The SMILES string of the molecule is CC1=C(n2c(=O)nc(N3CCN[C@H](C)C3)c3cc(F)c(-c4c(F)c(N)c(F)c(F)c4Cl)nc32)C(C(C)C)NC=C1. The third-order valence-electron chi connectivity index (χ3n) is 7.22. The Hall–Kier alpha value is -3.64. The van der Waals surface area contributed by atoms with Crippen molar-refractivity contribution in [3.8, 4) is 11.3 Å². The fourth-order valence-electron chi connectivity index (χ4n) is 5.23. The fourth-order valence-corrected chi connectivity index (χ4v) is 5.49. The summed E-state index contributed by atoms with van der Waals surface area (Å²) in [5, 5.41) is 5.69. The van der Waals surface area contributed by atoms with Gasteiger partial charge in [-0.15, -0.1) is 0 Å². The second-order valence-corrected chi connectivity index (χ2v) is 10.8. The molecule has 0 amide bonds. The minimum absolute atomic E-state index is 0.00310. The summed E-state index contributed by atoms with van der Waals surface area (Å²) in [6.45, 7) is 9.26. The van der Waals surface area contributed by atoms with E-state index in [2.05, 4.69) is 20.6 Å². The van der Waals surface area contributed by atoms with Crippen LogP contribution in [-0.2, 0) is 0 Å². The maximum Gasteiger partial charge on any atom is 0.355 e. The van der Waals surface area contributed by atoms with Crippen LogP contribution in [0.5, 0.6) is 0 Å². The van der Waals surface area contributed by atoms with Gasteiger partial charge in [0.2, 0.25) is 0 Å². The summed E-state index contributed by atoms with van der Waals surface area (Å²) in [6, 6.07) is 0.765. The van der Waals surface area contributed by atoms with Gasteiger partial charge < -0.3 is 21.3 Å². The van der Waals surface area contributed by atoms with Gasteiger partial charge in [-0.1, -0.05) is 25.4 Å². The van der Waals surface area contributed by atoms with Crippen LogP contribution in [0.3, 0.4) is 0 Å². The summed E-state index contributed by atoms with van der Waals surface area (Å²) in [5.41, 5.74) is 3.19. The summed E-state index contributed by atoms with van der Waals surface area (Å²) in [4.78, 5) is 24.3. The lowest BCUT2D eigenvalue weighted by molar-refractivity contribution is 0.482. The van der Waals surface area contributed by atoms with Gasteiger partial charge in [-0.25, -0.2) is 31.9 Å². The molecule has 2 atom stereocenters. The number of halogens is 5. The summed E-state index contributed by atoms with van der Waals surface area (Å²) < 4.78 is 60.8. The molecular weight excluding hydrogens is 550 g/mol. The molecule has 0 saturated carbocycles. The Morgan fingerprint density at radius 2 is 1.88 bits per heavy atom. The van der Waals surface area contributed by atoms with Crippen molar-refractivity contribution in [2.45, 2.75) is 39.8 Å². The lowest BCUT2D eigenvalue weighted by atomic mass is 9.95. The number of dihydropyridines is 1. The highest BCUT2D eigenvalue weighted by atomic mass is 35.5. The first-order valence-corrected chi connectivity index (χ1v) is 13.2. The zero-order chi connectivity index (χ0) is 29.0. The molecule has 212 valence electrons. The Labute approximate surface area is 232 Å². The number of anilines is 2. The van der Waals surface area contributed by atoms with Crippen LogP contribution < -0.4 is 27.0 Å². The molecule has 5 rings (SSSR count). The van der Waals surface area contributed by atoms with Gasteiger partial charge in [-0.2, -0.15) is 4.98 Å². The lowest BCUT2D eigenvalue weighted by Crippen LogP contribution is -2.50. The number of nitrogens with two attached hydrogens (primary N) is 1. The summed E-state index contributed by atoms with van der Waals surface area (Å²) in [7, 11) is 0. The molecule has 4 heterocycles. The highest BCUT2D eigenvalue weighted by Crippen LogP contribution is 2.40. The maximum atomic E-state index is 15.8. The number of allylic oxidation sites excluding steroid dienone is 2. The molecule has 2 aliphatic heterocycles. The molecular formula is C27H28ClF4N7O. The molecule has 1 saturated heterocycles. The van der Waals surface area contributed by atoms with Crippen LogP contribution in [0.25, 0.3) is 28.0 Å². The van der Waals surface area contributed by atoms with E-state index in [0.717, 1.165) is 11.6 Å². The first-order chi connectivity index (χ1) is 18.9. The van der Waals surface area contributed by atoms with Crippen molar-refractivity contribution in [1.82, 2.24) is 25.2 Å². The van der Waals surface area contributed by atoms with Crippen LogP contribution in [0, 0.1) is 29.2 Å². The van der Waals surface area contributed by atoms with Gasteiger partial charge >= 0.3 is 5.69 Å². The number of nitrogens with one attached hydrogen (secondary N) is 2. The number of benzene rings is 1. The van der Waals surface area contributed by atoms with Gasteiger partial charge in [0.1, 0.15) is 17.2 Å². The van der Waals surface area contributed by atoms with E-state index in [-0.39, 0.29) is 34.9 Å². The highest BCUT2D eigenvalue weighted by molar-refractivity contribution is 6.33. The van der Waals surface area contributed by atoms with E-state index in [0.29, 0.717) is 25.3 Å². The second-order valence-electron chi connectivity index (χ2n) is 10.4. The molecule has 0 spiro atoms. The highest BCUT2D eigenvalue weighted by Gasteiger charge is 2.31. The summed E-state index contributed by atoms with van der Waals surface area (Å²) >= 11 is 5.97. The lowest BCUT2D eigenvalue weighted by Gasteiger charge is -2.34. The van der Waals surface area contributed by atoms with E-state index in [1.54, 1.807) is 12.3 Å². The quantitative estimate of drug-likeness (QED) is 0.183. The molecule has 1 unspecified atom stereocenters. The zero-order valence-corrected chi connectivity index (χ0v) is 23.0. The average Bonchev–Trinajstić information content (AvgIpc) is 2.91. The predicted octanol–water partition coefficient (Wildman–Crippen LogP) is 4.42. The van der Waals surface area contributed by atoms with Crippen molar-refractivity contribution in [2.24, 2.45) is 5.92 Å². The van der Waals surface area contributed by atoms with Crippen molar-refractivity contribution >= 4 is 39.8 Å². The first-order valence-electron chi connectivity index (χ1n) is 12.8. The van der Waals surface area contributed by atoms with Crippen LogP contribution in [0.1, 0.15) is 27.7 Å². The van der Waals surface area contributed by atoms with Crippen molar-refractivity contribution in [3.63, 3.8) is 0 Å². The van der Waals surface area contributed by atoms with E-state index in [4.69, 9.17) is 17.3 Å². The Morgan fingerprint density at radius 3 is 2.55 bits per heavy atom. The molecule has 2 aliphatic rings. The molecule has 4 N–H and O–H groups in total. The van der Waals surface area contributed by atoms with Gasteiger partial charge in [0.05, 0.1) is 27.7 Å². The van der Waals surface area contributed by atoms with Crippen LogP contribution in [-0.4, -0.2) is 46.3 Å². The fraction of sp³-hybridized carbons (Fsp3) is 0.370. The largest absolute Gasteiger partial charge is 0.394 e. The van der Waals surface area contributed by atoms with Gasteiger partial charge in [0, 0.05) is 25.7 Å². The number of hydrogen-bond acceptors (Lipinski definition) is 7. The molecule has 0 bridgehead atoms. The topological polar surface area (TPSA) is 101 Å². The number of rotatable bonds is 4. The van der Waals surface area contributed by atoms with E-state index in [1.165, 1.54) is 4.57 Å². The van der Waals surface area contributed by atoms with Gasteiger partial charge in [-0.3, -0.25) is 0 Å². The minimum Gasteiger partial charge on any atom is -0.394 e. The molecule has 1 fully saturated rings. The summed E-state index contributed by atoms with van der Waals surface area (Å²) in [5.74, 6) is -5.67. The van der Waals surface area contributed by atoms with Crippen LogP contribution in [0.4, 0.5) is 29.1 Å². The smallest absolute Gasteiger partial charge is 0.355 e. The average molecular weight is 578 g/mol. The number of piperazine rings is 1. The Bertz CT molecular complexity index is 1620. The van der Waals surface area contributed by atoms with Crippen LogP contribution in [0.15, 0.2) is 28.7 Å².